The van der Waals surface area contributed by atoms with Crippen molar-refractivity contribution in [2.45, 2.75) is 30.1 Å². The third-order valence-corrected chi connectivity index (χ3v) is 9.70. The van der Waals surface area contributed by atoms with E-state index in [4.69, 9.17) is 9.47 Å². The van der Waals surface area contributed by atoms with Crippen molar-refractivity contribution in [2.24, 2.45) is 0 Å². The Morgan fingerprint density at radius 1 is 0.458 bits per heavy atom. The van der Waals surface area contributed by atoms with E-state index in [1.54, 1.807) is 84.9 Å². The van der Waals surface area contributed by atoms with Gasteiger partial charge in [-0.1, -0.05) is 61.0 Å². The summed E-state index contributed by atoms with van der Waals surface area (Å²) in [5, 5.41) is 0. The minimum Gasteiger partial charge on any atom is -0.457 e. The lowest BCUT2D eigenvalue weighted by molar-refractivity contribution is 0.103. The Bertz CT molecular complexity index is 2150. The first-order chi connectivity index (χ1) is 23.2. The fraction of sp³-hybridized carbons (Fsp3) is 0.0732. The molecule has 0 saturated heterocycles. The largest absolute Gasteiger partial charge is 0.457 e. The summed E-state index contributed by atoms with van der Waals surface area (Å²) in [6.07, 6.45) is 0.911. The van der Waals surface area contributed by atoms with E-state index in [9.17, 15) is 18.0 Å². The van der Waals surface area contributed by atoms with Crippen LogP contribution in [0.2, 0.25) is 0 Å². The van der Waals surface area contributed by atoms with Crippen molar-refractivity contribution in [1.82, 2.24) is 0 Å². The number of hydrogen-bond acceptors (Lipinski definition) is 6. The number of hydrogen-bond donors (Lipinski definition) is 0. The molecule has 0 saturated carbocycles. The Morgan fingerprint density at radius 3 is 1.08 bits per heavy atom. The minimum atomic E-state index is -3.79. The average Bonchev–Trinajstić information content (AvgIpc) is 3.12. The summed E-state index contributed by atoms with van der Waals surface area (Å²) in [5.74, 6) is 1.80. The SMILES string of the molecule is CCc1ccc(C(=O)c2ccc(Oc3ccc(S(=O)(=O)c4ccc(Oc5ccc(C(=O)c6ccc(C)cc6)cc5)cc4)cc3)cc2)cc1. The Morgan fingerprint density at radius 2 is 0.750 bits per heavy atom. The van der Waals surface area contributed by atoms with Gasteiger partial charge < -0.3 is 9.47 Å². The van der Waals surface area contributed by atoms with Crippen LogP contribution in [0.1, 0.15) is 49.9 Å². The molecule has 0 aliphatic heterocycles. The van der Waals surface area contributed by atoms with Crippen LogP contribution in [0.4, 0.5) is 0 Å². The van der Waals surface area contributed by atoms with Gasteiger partial charge in [0.2, 0.25) is 9.84 Å². The summed E-state index contributed by atoms with van der Waals surface area (Å²) in [6, 6.07) is 41.0. The molecular formula is C41H32O6S. The van der Waals surface area contributed by atoms with Crippen LogP contribution >= 0.6 is 0 Å². The second kappa shape index (κ2) is 13.9. The van der Waals surface area contributed by atoms with E-state index in [1.807, 2.05) is 43.3 Å². The van der Waals surface area contributed by atoms with Gasteiger partial charge in [-0.25, -0.2) is 8.42 Å². The Kier molecular flexibility index (Phi) is 9.32. The summed E-state index contributed by atoms with van der Waals surface area (Å²) in [5.41, 5.74) is 4.58. The summed E-state index contributed by atoms with van der Waals surface area (Å²) in [7, 11) is -3.79. The van der Waals surface area contributed by atoms with E-state index in [-0.39, 0.29) is 21.4 Å². The van der Waals surface area contributed by atoms with E-state index in [1.165, 1.54) is 29.8 Å². The van der Waals surface area contributed by atoms with Crippen molar-refractivity contribution in [3.05, 3.63) is 179 Å². The van der Waals surface area contributed by atoms with Gasteiger partial charge in [0.15, 0.2) is 11.6 Å². The molecule has 7 heteroatoms. The molecule has 0 aliphatic carbocycles. The molecule has 0 unspecified atom stereocenters. The highest BCUT2D eigenvalue weighted by Gasteiger charge is 2.18. The van der Waals surface area contributed by atoms with Gasteiger partial charge in [-0.05, 0) is 116 Å². The number of aryl methyl sites for hydroxylation is 2. The van der Waals surface area contributed by atoms with Crippen LogP contribution in [0, 0.1) is 6.92 Å². The van der Waals surface area contributed by atoms with Gasteiger partial charge in [0.25, 0.3) is 0 Å². The zero-order chi connectivity index (χ0) is 33.7. The highest BCUT2D eigenvalue weighted by molar-refractivity contribution is 7.91. The van der Waals surface area contributed by atoms with Crippen molar-refractivity contribution >= 4 is 21.4 Å². The molecule has 6 nitrogen and oxygen atoms in total. The van der Waals surface area contributed by atoms with E-state index >= 15 is 0 Å². The lowest BCUT2D eigenvalue weighted by Gasteiger charge is -2.10. The van der Waals surface area contributed by atoms with Crippen LogP contribution in [0.15, 0.2) is 155 Å². The summed E-state index contributed by atoms with van der Waals surface area (Å²) in [4.78, 5) is 25.8. The summed E-state index contributed by atoms with van der Waals surface area (Å²) >= 11 is 0. The molecule has 238 valence electrons. The Balaban J connectivity index is 1.06. The number of rotatable bonds is 11. The third kappa shape index (κ3) is 7.27. The molecule has 0 N–H and O–H groups in total. The molecule has 0 heterocycles. The smallest absolute Gasteiger partial charge is 0.206 e. The van der Waals surface area contributed by atoms with E-state index in [0.29, 0.717) is 45.3 Å². The Hall–Kier alpha value is -5.79. The number of ether oxygens (including phenoxy) is 2. The fourth-order valence-electron chi connectivity index (χ4n) is 5.06. The van der Waals surface area contributed by atoms with Gasteiger partial charge in [0.05, 0.1) is 9.79 Å². The van der Waals surface area contributed by atoms with E-state index in [2.05, 4.69) is 6.92 Å². The van der Waals surface area contributed by atoms with Gasteiger partial charge in [-0.2, -0.15) is 0 Å². The zero-order valence-corrected chi connectivity index (χ0v) is 27.2. The lowest BCUT2D eigenvalue weighted by Crippen LogP contribution is -2.02. The number of ketones is 2. The molecule has 0 aromatic heterocycles. The quantitative estimate of drug-likeness (QED) is 0.130. The molecule has 48 heavy (non-hydrogen) atoms. The zero-order valence-electron chi connectivity index (χ0n) is 26.4. The molecule has 0 fully saturated rings. The molecule has 6 aromatic carbocycles. The van der Waals surface area contributed by atoms with Crippen LogP contribution in [0.25, 0.3) is 0 Å². The van der Waals surface area contributed by atoms with Crippen molar-refractivity contribution in [3.63, 3.8) is 0 Å². The second-order valence-corrected chi connectivity index (χ2v) is 13.2. The van der Waals surface area contributed by atoms with Crippen LogP contribution in [0.3, 0.4) is 0 Å². The molecule has 6 aromatic rings. The van der Waals surface area contributed by atoms with Crippen LogP contribution in [-0.2, 0) is 16.3 Å². The van der Waals surface area contributed by atoms with Gasteiger partial charge in [0.1, 0.15) is 23.0 Å². The van der Waals surface area contributed by atoms with Crippen LogP contribution in [0.5, 0.6) is 23.0 Å². The number of carbonyl (C=O) groups excluding carboxylic acids is 2. The van der Waals surface area contributed by atoms with Crippen molar-refractivity contribution < 1.29 is 27.5 Å². The number of benzene rings is 6. The van der Waals surface area contributed by atoms with Gasteiger partial charge in [0, 0.05) is 22.3 Å². The average molecular weight is 653 g/mol. The monoisotopic (exact) mass is 652 g/mol. The highest BCUT2D eigenvalue weighted by atomic mass is 32.2. The summed E-state index contributed by atoms with van der Waals surface area (Å²) in [6.45, 7) is 4.04. The van der Waals surface area contributed by atoms with Gasteiger partial charge in [-0.15, -0.1) is 0 Å². The van der Waals surface area contributed by atoms with Crippen molar-refractivity contribution in [1.29, 1.82) is 0 Å². The maximum atomic E-state index is 13.3. The topological polar surface area (TPSA) is 86.7 Å². The molecule has 0 radical (unpaired) electrons. The lowest BCUT2D eigenvalue weighted by atomic mass is 10.0. The van der Waals surface area contributed by atoms with Crippen molar-refractivity contribution in [2.75, 3.05) is 0 Å². The molecule has 0 bridgehead atoms. The Labute approximate surface area is 280 Å². The molecular weight excluding hydrogens is 621 g/mol. The molecule has 0 amide bonds. The normalized spacial score (nSPS) is 11.1. The molecule has 0 atom stereocenters. The number of carbonyl (C=O) groups is 2. The summed E-state index contributed by atoms with van der Waals surface area (Å²) < 4.78 is 38.4. The number of sulfone groups is 1. The van der Waals surface area contributed by atoms with Gasteiger partial charge in [-0.3, -0.25) is 9.59 Å². The standard InChI is InChI=1S/C41H32O6S/c1-3-29-6-10-31(11-7-29)41(43)33-14-18-35(19-15-33)47-37-22-26-39(27-23-37)48(44,45)38-24-20-36(21-25-38)46-34-16-12-32(13-17-34)40(42)30-8-4-28(2)5-9-30/h4-27H,3H2,1-2H3. The first-order valence-electron chi connectivity index (χ1n) is 15.5. The maximum Gasteiger partial charge on any atom is 0.206 e. The molecule has 0 aliphatic rings. The molecule has 6 rings (SSSR count). The first-order valence-corrected chi connectivity index (χ1v) is 16.9. The third-order valence-electron chi connectivity index (χ3n) is 7.91. The fourth-order valence-corrected chi connectivity index (χ4v) is 6.32. The predicted molar refractivity (Wildman–Crippen MR) is 185 cm³/mol. The minimum absolute atomic E-state index is 0.0701. The molecule has 0 spiro atoms. The van der Waals surface area contributed by atoms with E-state index < -0.39 is 9.84 Å². The van der Waals surface area contributed by atoms with Crippen LogP contribution in [-0.4, -0.2) is 20.0 Å². The van der Waals surface area contributed by atoms with Crippen molar-refractivity contribution in [3.8, 4) is 23.0 Å². The highest BCUT2D eigenvalue weighted by Crippen LogP contribution is 2.29. The first kappa shape index (κ1) is 32.2. The predicted octanol–water partition coefficient (Wildman–Crippen LogP) is 9.44. The van der Waals surface area contributed by atoms with E-state index in [0.717, 1.165) is 12.0 Å². The van der Waals surface area contributed by atoms with Gasteiger partial charge >= 0.3 is 0 Å². The maximum absolute atomic E-state index is 13.3. The van der Waals surface area contributed by atoms with Crippen LogP contribution < -0.4 is 9.47 Å². The second-order valence-electron chi connectivity index (χ2n) is 11.3.